The fourth-order valence-electron chi connectivity index (χ4n) is 1.28. The van der Waals surface area contributed by atoms with Crippen molar-refractivity contribution in [3.63, 3.8) is 0 Å². The van der Waals surface area contributed by atoms with Gasteiger partial charge in [0.2, 0.25) is 0 Å². The predicted octanol–water partition coefficient (Wildman–Crippen LogP) is 2.94. The van der Waals surface area contributed by atoms with Gasteiger partial charge in [-0.25, -0.2) is 0 Å². The molecule has 0 atom stereocenters. The van der Waals surface area contributed by atoms with E-state index >= 15 is 0 Å². The Bertz CT molecular complexity index is 240. The van der Waals surface area contributed by atoms with Gasteiger partial charge in [0.1, 0.15) is 0 Å². The van der Waals surface area contributed by atoms with E-state index in [4.69, 9.17) is 0 Å². The van der Waals surface area contributed by atoms with E-state index in [0.717, 1.165) is 12.5 Å². The van der Waals surface area contributed by atoms with Crippen LogP contribution in [0.1, 0.15) is 37.9 Å². The summed E-state index contributed by atoms with van der Waals surface area (Å²) in [7, 11) is 0. The first-order chi connectivity index (χ1) is 6.25. The molecule has 1 aliphatic carbocycles. The van der Waals surface area contributed by atoms with E-state index in [-0.39, 0.29) is 0 Å². The first kappa shape index (κ1) is 10.3. The molecule has 1 saturated carbocycles. The largest absolute Gasteiger partial charge is 0.272 e. The van der Waals surface area contributed by atoms with Crippen LogP contribution in [0.2, 0.25) is 0 Å². The number of nitrogens with zero attached hydrogens (tertiary/aromatic N) is 2. The van der Waals surface area contributed by atoms with Crippen molar-refractivity contribution in [1.29, 1.82) is 0 Å². The first-order valence-corrected chi connectivity index (χ1v) is 5.26. The number of aromatic nitrogens is 2. The standard InChI is InChI=1S/C9H14N2.C2H6/c1-7-5-11(10-8(7)2)6-9-3-4-9;1-2/h5,9H,3-4,6H2,1-2H3;1-2H3. The van der Waals surface area contributed by atoms with Crippen molar-refractivity contribution >= 4 is 0 Å². The van der Waals surface area contributed by atoms with Gasteiger partial charge in [-0.05, 0) is 38.2 Å². The lowest BCUT2D eigenvalue weighted by atomic mass is 10.3. The molecule has 0 spiro atoms. The van der Waals surface area contributed by atoms with E-state index < -0.39 is 0 Å². The molecule has 13 heavy (non-hydrogen) atoms. The maximum absolute atomic E-state index is 4.41. The molecular weight excluding hydrogens is 160 g/mol. The van der Waals surface area contributed by atoms with Gasteiger partial charge in [0, 0.05) is 12.7 Å². The van der Waals surface area contributed by atoms with Gasteiger partial charge in [-0.1, -0.05) is 13.8 Å². The summed E-state index contributed by atoms with van der Waals surface area (Å²) < 4.78 is 2.09. The average molecular weight is 180 g/mol. The van der Waals surface area contributed by atoms with E-state index in [0.29, 0.717) is 0 Å². The van der Waals surface area contributed by atoms with Gasteiger partial charge in [0.15, 0.2) is 0 Å². The van der Waals surface area contributed by atoms with E-state index in [2.05, 4.69) is 29.8 Å². The molecule has 2 nitrogen and oxygen atoms in total. The van der Waals surface area contributed by atoms with Gasteiger partial charge in [0.05, 0.1) is 5.69 Å². The molecule has 1 aromatic heterocycles. The lowest BCUT2D eigenvalue weighted by Crippen LogP contribution is -1.99. The van der Waals surface area contributed by atoms with Crippen molar-refractivity contribution in [2.75, 3.05) is 0 Å². The van der Waals surface area contributed by atoms with Crippen LogP contribution in [0.25, 0.3) is 0 Å². The lowest BCUT2D eigenvalue weighted by Gasteiger charge is -1.95. The topological polar surface area (TPSA) is 17.8 Å². The molecule has 0 aromatic carbocycles. The molecule has 0 bridgehead atoms. The van der Waals surface area contributed by atoms with Crippen LogP contribution in [-0.4, -0.2) is 9.78 Å². The summed E-state index contributed by atoms with van der Waals surface area (Å²) in [5.74, 6) is 0.925. The normalized spacial score (nSPS) is 15.1. The second kappa shape index (κ2) is 4.45. The highest BCUT2D eigenvalue weighted by molar-refractivity contribution is 5.12. The number of rotatable bonds is 2. The quantitative estimate of drug-likeness (QED) is 0.684. The molecule has 1 heterocycles. The lowest BCUT2D eigenvalue weighted by molar-refractivity contribution is 0.559. The van der Waals surface area contributed by atoms with Gasteiger partial charge in [0.25, 0.3) is 0 Å². The number of aryl methyl sites for hydroxylation is 2. The van der Waals surface area contributed by atoms with E-state index in [1.165, 1.54) is 24.1 Å². The van der Waals surface area contributed by atoms with Crippen LogP contribution in [-0.2, 0) is 6.54 Å². The highest BCUT2D eigenvalue weighted by Gasteiger charge is 2.21. The summed E-state index contributed by atoms with van der Waals surface area (Å²) in [6.45, 7) is 9.32. The smallest absolute Gasteiger partial charge is 0.0622 e. The van der Waals surface area contributed by atoms with Crippen molar-refractivity contribution in [3.05, 3.63) is 17.5 Å². The van der Waals surface area contributed by atoms with Crippen LogP contribution < -0.4 is 0 Å². The van der Waals surface area contributed by atoms with Crippen LogP contribution >= 0.6 is 0 Å². The Morgan fingerprint density at radius 3 is 2.38 bits per heavy atom. The fourth-order valence-corrected chi connectivity index (χ4v) is 1.28. The van der Waals surface area contributed by atoms with Crippen LogP contribution in [0.5, 0.6) is 0 Å². The molecule has 0 saturated heterocycles. The Hall–Kier alpha value is -0.790. The Balaban J connectivity index is 0.000000396. The highest BCUT2D eigenvalue weighted by atomic mass is 15.3. The van der Waals surface area contributed by atoms with Gasteiger partial charge in [-0.15, -0.1) is 0 Å². The summed E-state index contributed by atoms with van der Waals surface area (Å²) >= 11 is 0. The van der Waals surface area contributed by atoms with Crippen molar-refractivity contribution < 1.29 is 0 Å². The van der Waals surface area contributed by atoms with Gasteiger partial charge < -0.3 is 0 Å². The van der Waals surface area contributed by atoms with Gasteiger partial charge >= 0.3 is 0 Å². The molecule has 1 aromatic rings. The minimum atomic E-state index is 0.925. The number of hydrogen-bond donors (Lipinski definition) is 0. The Morgan fingerprint density at radius 1 is 1.38 bits per heavy atom. The molecule has 0 amide bonds. The second-order valence-electron chi connectivity index (χ2n) is 3.56. The maximum Gasteiger partial charge on any atom is 0.0622 e. The summed E-state index contributed by atoms with van der Waals surface area (Å²) in [5, 5.41) is 4.41. The highest BCUT2D eigenvalue weighted by Crippen LogP contribution is 2.30. The molecule has 74 valence electrons. The average Bonchev–Trinajstić information content (AvgIpc) is 2.86. The van der Waals surface area contributed by atoms with E-state index in [9.17, 15) is 0 Å². The Labute approximate surface area is 81.0 Å². The molecule has 0 N–H and O–H groups in total. The van der Waals surface area contributed by atoms with E-state index in [1.807, 2.05) is 13.8 Å². The monoisotopic (exact) mass is 180 g/mol. The summed E-state index contributed by atoms with van der Waals surface area (Å²) in [6, 6.07) is 0. The van der Waals surface area contributed by atoms with Crippen molar-refractivity contribution in [2.24, 2.45) is 5.92 Å². The van der Waals surface area contributed by atoms with Crippen LogP contribution in [0.3, 0.4) is 0 Å². The maximum atomic E-state index is 4.41. The SMILES string of the molecule is CC.Cc1cn(CC2CC2)nc1C. The van der Waals surface area contributed by atoms with Crippen molar-refractivity contribution in [1.82, 2.24) is 9.78 Å². The minimum absolute atomic E-state index is 0.925. The summed E-state index contributed by atoms with van der Waals surface area (Å²) in [5.41, 5.74) is 2.48. The molecule has 1 fully saturated rings. The third-order valence-corrected chi connectivity index (χ3v) is 2.33. The zero-order valence-electron chi connectivity index (χ0n) is 9.17. The minimum Gasteiger partial charge on any atom is -0.272 e. The molecular formula is C11H20N2. The first-order valence-electron chi connectivity index (χ1n) is 5.26. The molecule has 0 radical (unpaired) electrons. The van der Waals surface area contributed by atoms with Crippen LogP contribution in [0.4, 0.5) is 0 Å². The van der Waals surface area contributed by atoms with Gasteiger partial charge in [-0.2, -0.15) is 5.10 Å². The Morgan fingerprint density at radius 2 is 2.00 bits per heavy atom. The molecule has 1 aliphatic rings. The zero-order valence-corrected chi connectivity index (χ0v) is 9.17. The summed E-state index contributed by atoms with van der Waals surface area (Å²) in [4.78, 5) is 0. The van der Waals surface area contributed by atoms with Crippen molar-refractivity contribution in [2.45, 2.75) is 47.1 Å². The molecule has 0 aliphatic heterocycles. The van der Waals surface area contributed by atoms with E-state index in [1.54, 1.807) is 0 Å². The second-order valence-corrected chi connectivity index (χ2v) is 3.56. The summed E-state index contributed by atoms with van der Waals surface area (Å²) in [6.07, 6.45) is 4.95. The molecule has 0 unspecified atom stereocenters. The van der Waals surface area contributed by atoms with Crippen molar-refractivity contribution in [3.8, 4) is 0 Å². The fraction of sp³-hybridized carbons (Fsp3) is 0.727. The van der Waals surface area contributed by atoms with Crippen LogP contribution in [0.15, 0.2) is 6.20 Å². The predicted molar refractivity (Wildman–Crippen MR) is 55.8 cm³/mol. The Kier molecular flexibility index (Phi) is 3.52. The molecule has 2 rings (SSSR count). The zero-order chi connectivity index (χ0) is 9.84. The van der Waals surface area contributed by atoms with Crippen LogP contribution in [0, 0.1) is 19.8 Å². The van der Waals surface area contributed by atoms with Gasteiger partial charge in [-0.3, -0.25) is 4.68 Å². The third-order valence-electron chi connectivity index (χ3n) is 2.33. The third kappa shape index (κ3) is 2.87. The number of hydrogen-bond acceptors (Lipinski definition) is 1. The molecule has 2 heteroatoms.